The van der Waals surface area contributed by atoms with Gasteiger partial charge in [0.15, 0.2) is 0 Å². The van der Waals surface area contributed by atoms with E-state index in [-0.39, 0.29) is 12.5 Å². The minimum absolute atomic E-state index is 0.0716. The summed E-state index contributed by atoms with van der Waals surface area (Å²) in [6, 6.07) is 7.83. The van der Waals surface area contributed by atoms with Crippen molar-refractivity contribution in [3.63, 3.8) is 0 Å². The van der Waals surface area contributed by atoms with E-state index in [0.29, 0.717) is 25.6 Å². The van der Waals surface area contributed by atoms with Gasteiger partial charge in [0.1, 0.15) is 5.75 Å². The van der Waals surface area contributed by atoms with Crippen molar-refractivity contribution in [2.75, 3.05) is 13.7 Å². The Labute approximate surface area is 130 Å². The molecule has 1 aliphatic rings. The van der Waals surface area contributed by atoms with Crippen LogP contribution in [0.2, 0.25) is 0 Å². The van der Waals surface area contributed by atoms with E-state index in [0.717, 1.165) is 24.2 Å². The fourth-order valence-electron chi connectivity index (χ4n) is 2.22. The molecular formula is C16H22N2O4. The number of urea groups is 1. The van der Waals surface area contributed by atoms with Crippen LogP contribution >= 0.6 is 0 Å². The second kappa shape index (κ2) is 7.68. The van der Waals surface area contributed by atoms with Crippen molar-refractivity contribution in [1.82, 2.24) is 10.2 Å². The molecule has 0 unspecified atom stereocenters. The lowest BCUT2D eigenvalue weighted by Gasteiger charge is -2.23. The third-order valence-electron chi connectivity index (χ3n) is 3.60. The maximum atomic E-state index is 12.2. The van der Waals surface area contributed by atoms with E-state index in [4.69, 9.17) is 9.84 Å². The number of ether oxygens (including phenoxy) is 1. The predicted molar refractivity (Wildman–Crippen MR) is 81.8 cm³/mol. The van der Waals surface area contributed by atoms with Gasteiger partial charge in [-0.1, -0.05) is 12.1 Å². The zero-order valence-electron chi connectivity index (χ0n) is 12.7. The average molecular weight is 306 g/mol. The molecule has 2 N–H and O–H groups in total. The lowest BCUT2D eigenvalue weighted by molar-refractivity contribution is -0.137. The third-order valence-corrected chi connectivity index (χ3v) is 3.60. The highest BCUT2D eigenvalue weighted by Gasteiger charge is 2.32. The summed E-state index contributed by atoms with van der Waals surface area (Å²) in [7, 11) is 1.62. The highest BCUT2D eigenvalue weighted by atomic mass is 16.5. The maximum Gasteiger partial charge on any atom is 0.317 e. The van der Waals surface area contributed by atoms with Gasteiger partial charge in [-0.05, 0) is 37.0 Å². The van der Waals surface area contributed by atoms with Crippen molar-refractivity contribution in [2.24, 2.45) is 0 Å². The molecule has 2 rings (SSSR count). The molecule has 0 aliphatic heterocycles. The minimum Gasteiger partial charge on any atom is -0.497 e. The normalized spacial score (nSPS) is 13.5. The monoisotopic (exact) mass is 306 g/mol. The molecule has 0 radical (unpaired) electrons. The number of carbonyl (C=O) groups is 2. The van der Waals surface area contributed by atoms with Crippen LogP contribution in [0.25, 0.3) is 0 Å². The number of benzene rings is 1. The molecular weight excluding hydrogens is 284 g/mol. The smallest absolute Gasteiger partial charge is 0.317 e. The Kier molecular flexibility index (Phi) is 5.63. The van der Waals surface area contributed by atoms with Gasteiger partial charge < -0.3 is 20.1 Å². The molecule has 2 amide bonds. The zero-order valence-corrected chi connectivity index (χ0v) is 12.7. The first-order chi connectivity index (χ1) is 10.6. The first kappa shape index (κ1) is 16.1. The number of carboxylic acid groups (broad SMARTS) is 1. The molecule has 120 valence electrons. The topological polar surface area (TPSA) is 78.9 Å². The van der Waals surface area contributed by atoms with Crippen molar-refractivity contribution >= 4 is 12.0 Å². The Morgan fingerprint density at radius 2 is 2.00 bits per heavy atom. The van der Waals surface area contributed by atoms with E-state index in [1.807, 2.05) is 29.2 Å². The van der Waals surface area contributed by atoms with Crippen LogP contribution in [0.5, 0.6) is 5.75 Å². The van der Waals surface area contributed by atoms with Gasteiger partial charge in [-0.15, -0.1) is 0 Å². The fraction of sp³-hybridized carbons (Fsp3) is 0.500. The van der Waals surface area contributed by atoms with Crippen LogP contribution in [0.1, 0.15) is 31.2 Å². The molecule has 0 atom stereocenters. The van der Waals surface area contributed by atoms with Gasteiger partial charge in [0.05, 0.1) is 7.11 Å². The van der Waals surface area contributed by atoms with Crippen molar-refractivity contribution < 1.29 is 19.4 Å². The summed E-state index contributed by atoms with van der Waals surface area (Å²) >= 11 is 0. The standard InChI is InChI=1S/C16H22N2O4/c1-22-14-8-4-12(5-9-14)11-18(13-6-7-13)16(21)17-10-2-3-15(19)20/h4-5,8-9,13H,2-3,6-7,10-11H2,1H3,(H,17,21)(H,19,20). The summed E-state index contributed by atoms with van der Waals surface area (Å²) < 4.78 is 5.13. The quantitative estimate of drug-likeness (QED) is 0.722. The van der Waals surface area contributed by atoms with Gasteiger partial charge in [-0.3, -0.25) is 4.79 Å². The van der Waals surface area contributed by atoms with Crippen molar-refractivity contribution in [2.45, 2.75) is 38.3 Å². The molecule has 1 aliphatic carbocycles. The second-order valence-electron chi connectivity index (χ2n) is 5.44. The Morgan fingerprint density at radius 3 is 2.55 bits per heavy atom. The third kappa shape index (κ3) is 4.95. The van der Waals surface area contributed by atoms with Gasteiger partial charge in [0.2, 0.25) is 0 Å². The Balaban J connectivity index is 1.86. The van der Waals surface area contributed by atoms with Crippen molar-refractivity contribution in [1.29, 1.82) is 0 Å². The first-order valence-electron chi connectivity index (χ1n) is 7.49. The maximum absolute atomic E-state index is 12.2. The molecule has 6 heteroatoms. The van der Waals surface area contributed by atoms with E-state index in [1.165, 1.54) is 0 Å². The summed E-state index contributed by atoms with van der Waals surface area (Å²) in [5, 5.41) is 11.4. The molecule has 1 aromatic rings. The summed E-state index contributed by atoms with van der Waals surface area (Å²) in [6.45, 7) is 0.941. The van der Waals surface area contributed by atoms with Crippen LogP contribution in [0.4, 0.5) is 4.79 Å². The zero-order chi connectivity index (χ0) is 15.9. The highest BCUT2D eigenvalue weighted by molar-refractivity contribution is 5.75. The molecule has 0 spiro atoms. The lowest BCUT2D eigenvalue weighted by atomic mass is 10.2. The van der Waals surface area contributed by atoms with Crippen LogP contribution in [0, 0.1) is 0 Å². The SMILES string of the molecule is COc1ccc(CN(C(=O)NCCCC(=O)O)C2CC2)cc1. The molecule has 22 heavy (non-hydrogen) atoms. The lowest BCUT2D eigenvalue weighted by Crippen LogP contribution is -2.41. The summed E-state index contributed by atoms with van der Waals surface area (Å²) in [5.41, 5.74) is 1.05. The molecule has 0 saturated heterocycles. The fourth-order valence-corrected chi connectivity index (χ4v) is 2.22. The van der Waals surface area contributed by atoms with Gasteiger partial charge >= 0.3 is 12.0 Å². The average Bonchev–Trinajstić information content (AvgIpc) is 3.34. The van der Waals surface area contributed by atoms with Gasteiger partial charge in [0, 0.05) is 25.6 Å². The number of nitrogens with zero attached hydrogens (tertiary/aromatic N) is 1. The molecule has 0 bridgehead atoms. The summed E-state index contributed by atoms with van der Waals surface area (Å²) in [5.74, 6) is -0.0497. The van der Waals surface area contributed by atoms with Crippen molar-refractivity contribution in [3.05, 3.63) is 29.8 Å². The molecule has 0 aromatic heterocycles. The minimum atomic E-state index is -0.841. The number of hydrogen-bond acceptors (Lipinski definition) is 3. The Morgan fingerprint density at radius 1 is 1.32 bits per heavy atom. The highest BCUT2D eigenvalue weighted by Crippen LogP contribution is 2.28. The number of carboxylic acids is 1. The number of amides is 2. The number of carbonyl (C=O) groups excluding carboxylic acids is 1. The van der Waals surface area contributed by atoms with E-state index in [9.17, 15) is 9.59 Å². The number of nitrogens with one attached hydrogen (secondary N) is 1. The first-order valence-corrected chi connectivity index (χ1v) is 7.49. The number of rotatable bonds is 8. The van der Waals surface area contributed by atoms with E-state index < -0.39 is 5.97 Å². The molecule has 1 aromatic carbocycles. The Bertz CT molecular complexity index is 511. The van der Waals surface area contributed by atoms with E-state index in [2.05, 4.69) is 5.32 Å². The summed E-state index contributed by atoms with van der Waals surface area (Å²) in [4.78, 5) is 24.5. The predicted octanol–water partition coefficient (Wildman–Crippen LogP) is 2.23. The summed E-state index contributed by atoms with van der Waals surface area (Å²) in [6.07, 6.45) is 2.57. The van der Waals surface area contributed by atoms with Gasteiger partial charge in [0.25, 0.3) is 0 Å². The molecule has 6 nitrogen and oxygen atoms in total. The van der Waals surface area contributed by atoms with E-state index in [1.54, 1.807) is 7.11 Å². The van der Waals surface area contributed by atoms with Crippen LogP contribution in [-0.2, 0) is 11.3 Å². The molecule has 0 heterocycles. The van der Waals surface area contributed by atoms with Crippen LogP contribution < -0.4 is 10.1 Å². The number of methoxy groups -OCH3 is 1. The Hall–Kier alpha value is -2.24. The second-order valence-corrected chi connectivity index (χ2v) is 5.44. The van der Waals surface area contributed by atoms with E-state index >= 15 is 0 Å². The largest absolute Gasteiger partial charge is 0.497 e. The molecule has 1 fully saturated rings. The number of hydrogen-bond donors (Lipinski definition) is 2. The van der Waals surface area contributed by atoms with Gasteiger partial charge in [-0.25, -0.2) is 4.79 Å². The van der Waals surface area contributed by atoms with Gasteiger partial charge in [-0.2, -0.15) is 0 Å². The van der Waals surface area contributed by atoms with Crippen LogP contribution in [-0.4, -0.2) is 41.7 Å². The van der Waals surface area contributed by atoms with Crippen LogP contribution in [0.15, 0.2) is 24.3 Å². The number of aliphatic carboxylic acids is 1. The molecule has 1 saturated carbocycles. The van der Waals surface area contributed by atoms with Crippen molar-refractivity contribution in [3.8, 4) is 5.75 Å². The van der Waals surface area contributed by atoms with Crippen LogP contribution in [0.3, 0.4) is 0 Å².